The van der Waals surface area contributed by atoms with Crippen LogP contribution < -0.4 is 10.5 Å². The molecule has 3 heterocycles. The van der Waals surface area contributed by atoms with Crippen molar-refractivity contribution in [2.75, 3.05) is 25.9 Å². The van der Waals surface area contributed by atoms with E-state index in [2.05, 4.69) is 27.0 Å². The first-order chi connectivity index (χ1) is 14.8. The topological polar surface area (TPSA) is 82.1 Å². The molecule has 1 unspecified atom stereocenters. The summed E-state index contributed by atoms with van der Waals surface area (Å²) in [5, 5.41) is 4.71. The maximum Gasteiger partial charge on any atom is 0.258 e. The Kier molecular flexibility index (Phi) is 6.31. The van der Waals surface area contributed by atoms with Crippen LogP contribution in [0.4, 0.5) is 10.2 Å². The lowest BCUT2D eigenvalue weighted by Gasteiger charge is -2.28. The predicted octanol–water partition coefficient (Wildman–Crippen LogP) is 4.77. The number of piperidine rings is 1. The molecule has 1 atom stereocenters. The second kappa shape index (κ2) is 8.98. The molecule has 7 nitrogen and oxygen atoms in total. The van der Waals surface area contributed by atoms with Gasteiger partial charge < -0.3 is 15.4 Å². The molecule has 1 aliphatic heterocycles. The molecule has 0 spiro atoms. The van der Waals surface area contributed by atoms with E-state index in [9.17, 15) is 4.39 Å². The van der Waals surface area contributed by atoms with Crippen molar-refractivity contribution in [2.45, 2.75) is 31.9 Å². The molecule has 2 N–H and O–H groups in total. The van der Waals surface area contributed by atoms with Gasteiger partial charge in [0.1, 0.15) is 11.9 Å². The number of likely N-dealkylation sites (tertiary alicyclic amines) is 1. The van der Waals surface area contributed by atoms with Crippen LogP contribution in [0.2, 0.25) is 10.0 Å². The number of nitrogens with two attached hydrogens (primary N) is 1. The maximum atomic E-state index is 13.9. The van der Waals surface area contributed by atoms with E-state index in [0.717, 1.165) is 31.5 Å². The molecular weight excluding hydrogens is 442 g/mol. The van der Waals surface area contributed by atoms with E-state index in [-0.39, 0.29) is 16.7 Å². The molecule has 2 aromatic heterocycles. The van der Waals surface area contributed by atoms with Crippen LogP contribution in [0.1, 0.15) is 37.5 Å². The number of ether oxygens (including phenoxy) is 1. The lowest BCUT2D eigenvalue weighted by molar-refractivity contribution is 0.212. The Morgan fingerprint density at radius 1 is 1.23 bits per heavy atom. The molecule has 10 heteroatoms. The first kappa shape index (κ1) is 21.8. The van der Waals surface area contributed by atoms with Crippen LogP contribution in [0.15, 0.2) is 30.7 Å². The average Bonchev–Trinajstić information content (AvgIpc) is 3.23. The van der Waals surface area contributed by atoms with E-state index >= 15 is 0 Å². The molecule has 1 saturated heterocycles. The van der Waals surface area contributed by atoms with E-state index in [4.69, 9.17) is 33.7 Å². The van der Waals surface area contributed by atoms with Gasteiger partial charge in [0.05, 0.1) is 29.2 Å². The minimum Gasteiger partial charge on any atom is -0.467 e. The van der Waals surface area contributed by atoms with Gasteiger partial charge in [-0.15, -0.1) is 0 Å². The molecule has 0 amide bonds. The summed E-state index contributed by atoms with van der Waals surface area (Å²) in [5.74, 6) is -0.346. The molecule has 0 saturated carbocycles. The van der Waals surface area contributed by atoms with Gasteiger partial charge in [0, 0.05) is 22.3 Å². The molecule has 3 aromatic rings. The molecule has 1 aromatic carbocycles. The van der Waals surface area contributed by atoms with Gasteiger partial charge in [0.15, 0.2) is 5.82 Å². The van der Waals surface area contributed by atoms with Gasteiger partial charge in [-0.2, -0.15) is 5.10 Å². The van der Waals surface area contributed by atoms with E-state index in [1.54, 1.807) is 19.3 Å². The van der Waals surface area contributed by atoms with Crippen LogP contribution in [0.25, 0.3) is 11.3 Å². The Morgan fingerprint density at radius 2 is 1.97 bits per heavy atom. The number of hydrogen-bond acceptors (Lipinski definition) is 6. The fraction of sp³-hybridized carbons (Fsp3) is 0.381. The van der Waals surface area contributed by atoms with Gasteiger partial charge in [0.25, 0.3) is 5.88 Å². The number of anilines is 1. The normalized spacial score (nSPS) is 16.4. The fourth-order valence-corrected chi connectivity index (χ4v) is 4.36. The van der Waals surface area contributed by atoms with Crippen molar-refractivity contribution in [3.8, 4) is 17.1 Å². The highest BCUT2D eigenvalue weighted by molar-refractivity contribution is 6.36. The van der Waals surface area contributed by atoms with Crippen molar-refractivity contribution >= 4 is 29.0 Å². The standard InChI is InChI=1S/C21H23Cl2FN6O/c1-12(18-15(22)3-4-16(24)19(18)23)31-21-20(25)26-10-17(28-21)13-9-27-30(11-13)14-5-7-29(2)8-6-14/h3-4,9-12,14H,5-8H2,1-2H3,(H2,25,26). The van der Waals surface area contributed by atoms with Crippen molar-refractivity contribution in [2.24, 2.45) is 0 Å². The Bertz CT molecular complexity index is 1080. The maximum absolute atomic E-state index is 13.9. The summed E-state index contributed by atoms with van der Waals surface area (Å²) in [5.41, 5.74) is 7.68. The van der Waals surface area contributed by atoms with Crippen molar-refractivity contribution in [1.29, 1.82) is 0 Å². The van der Waals surface area contributed by atoms with Gasteiger partial charge in [-0.25, -0.2) is 14.4 Å². The molecule has 0 bridgehead atoms. The Labute approximate surface area is 189 Å². The zero-order chi connectivity index (χ0) is 22.1. The summed E-state index contributed by atoms with van der Waals surface area (Å²) in [6.45, 7) is 3.78. The van der Waals surface area contributed by atoms with Crippen LogP contribution in [0.5, 0.6) is 5.88 Å². The smallest absolute Gasteiger partial charge is 0.258 e. The van der Waals surface area contributed by atoms with Crippen LogP contribution in [0.3, 0.4) is 0 Å². The van der Waals surface area contributed by atoms with Crippen molar-refractivity contribution < 1.29 is 9.13 Å². The Balaban J connectivity index is 1.56. The van der Waals surface area contributed by atoms with Gasteiger partial charge in [-0.3, -0.25) is 4.68 Å². The molecule has 1 aliphatic rings. The summed E-state index contributed by atoms with van der Waals surface area (Å²) < 4.78 is 21.7. The molecule has 164 valence electrons. The van der Waals surface area contributed by atoms with Crippen LogP contribution in [-0.4, -0.2) is 44.8 Å². The SMILES string of the molecule is CC(Oc1nc(-c2cnn(C3CCN(C)CC3)c2)cnc1N)c1c(Cl)ccc(F)c1Cl. The number of nitrogens with zero attached hydrogens (tertiary/aromatic N) is 5. The third kappa shape index (κ3) is 4.61. The minimum absolute atomic E-state index is 0.0953. The van der Waals surface area contributed by atoms with Gasteiger partial charge in [-0.05, 0) is 52.0 Å². The predicted molar refractivity (Wildman–Crippen MR) is 119 cm³/mol. The number of halogens is 3. The first-order valence-corrected chi connectivity index (χ1v) is 10.7. The number of aromatic nitrogens is 4. The molecule has 0 aliphatic carbocycles. The summed E-state index contributed by atoms with van der Waals surface area (Å²) in [4.78, 5) is 11.0. The lowest BCUT2D eigenvalue weighted by atomic mass is 10.1. The summed E-state index contributed by atoms with van der Waals surface area (Å²) >= 11 is 12.3. The van der Waals surface area contributed by atoms with E-state index in [0.29, 0.717) is 22.3 Å². The molecule has 4 rings (SSSR count). The fourth-order valence-electron chi connectivity index (χ4n) is 3.68. The van der Waals surface area contributed by atoms with Crippen molar-refractivity contribution in [3.63, 3.8) is 0 Å². The van der Waals surface area contributed by atoms with Crippen LogP contribution >= 0.6 is 23.2 Å². The van der Waals surface area contributed by atoms with E-state index in [1.165, 1.54) is 12.1 Å². The third-order valence-corrected chi connectivity index (χ3v) is 6.21. The highest BCUT2D eigenvalue weighted by Gasteiger charge is 2.22. The van der Waals surface area contributed by atoms with E-state index in [1.807, 2.05) is 10.9 Å². The summed E-state index contributed by atoms with van der Waals surface area (Å²) in [6.07, 6.45) is 6.70. The number of rotatable bonds is 5. The summed E-state index contributed by atoms with van der Waals surface area (Å²) in [7, 11) is 2.13. The van der Waals surface area contributed by atoms with Gasteiger partial charge in [-0.1, -0.05) is 23.2 Å². The largest absolute Gasteiger partial charge is 0.467 e. The lowest BCUT2D eigenvalue weighted by Crippen LogP contribution is -2.31. The number of nitrogen functional groups attached to an aromatic ring is 1. The second-order valence-electron chi connectivity index (χ2n) is 7.71. The van der Waals surface area contributed by atoms with Crippen molar-refractivity contribution in [1.82, 2.24) is 24.6 Å². The first-order valence-electron chi connectivity index (χ1n) is 9.99. The minimum atomic E-state index is -0.690. The van der Waals surface area contributed by atoms with E-state index < -0.39 is 11.9 Å². The van der Waals surface area contributed by atoms with Gasteiger partial charge >= 0.3 is 0 Å². The third-order valence-electron chi connectivity index (χ3n) is 5.50. The van der Waals surface area contributed by atoms with Crippen molar-refractivity contribution in [3.05, 3.63) is 52.1 Å². The molecular formula is C21H23Cl2FN6O. The van der Waals surface area contributed by atoms with Gasteiger partial charge in [0.2, 0.25) is 0 Å². The highest BCUT2D eigenvalue weighted by Crippen LogP contribution is 2.36. The zero-order valence-corrected chi connectivity index (χ0v) is 18.7. The quantitative estimate of drug-likeness (QED) is 0.547. The molecule has 0 radical (unpaired) electrons. The highest BCUT2D eigenvalue weighted by atomic mass is 35.5. The van der Waals surface area contributed by atoms with Crippen LogP contribution in [-0.2, 0) is 0 Å². The second-order valence-corrected chi connectivity index (χ2v) is 8.49. The average molecular weight is 465 g/mol. The molecule has 31 heavy (non-hydrogen) atoms. The number of hydrogen-bond donors (Lipinski definition) is 1. The Hall–Kier alpha value is -2.42. The molecule has 1 fully saturated rings. The summed E-state index contributed by atoms with van der Waals surface area (Å²) in [6, 6.07) is 3.00. The number of benzene rings is 1. The Morgan fingerprint density at radius 3 is 2.71 bits per heavy atom. The zero-order valence-electron chi connectivity index (χ0n) is 17.2. The monoisotopic (exact) mass is 464 g/mol. The van der Waals surface area contributed by atoms with Crippen LogP contribution in [0, 0.1) is 5.82 Å².